The van der Waals surface area contributed by atoms with Gasteiger partial charge in [-0.05, 0) is 30.7 Å². The highest BCUT2D eigenvalue weighted by Gasteiger charge is 2.30. The van der Waals surface area contributed by atoms with Crippen LogP contribution in [-0.4, -0.2) is 17.6 Å². The van der Waals surface area contributed by atoms with Crippen molar-refractivity contribution in [1.29, 1.82) is 0 Å². The summed E-state index contributed by atoms with van der Waals surface area (Å²) in [6, 6.07) is 6.35. The van der Waals surface area contributed by atoms with Crippen molar-refractivity contribution in [3.63, 3.8) is 0 Å². The molecule has 0 aliphatic heterocycles. The van der Waals surface area contributed by atoms with Crippen LogP contribution in [0.15, 0.2) is 36.5 Å². The van der Waals surface area contributed by atoms with Gasteiger partial charge in [0.05, 0.1) is 17.7 Å². The average Bonchev–Trinajstić information content (AvgIpc) is 2.88. The predicted molar refractivity (Wildman–Crippen MR) is 67.2 cm³/mol. The van der Waals surface area contributed by atoms with Gasteiger partial charge in [-0.15, -0.1) is 0 Å². The van der Waals surface area contributed by atoms with Gasteiger partial charge in [-0.2, -0.15) is 13.2 Å². The van der Waals surface area contributed by atoms with Gasteiger partial charge in [-0.1, -0.05) is 12.1 Å². The number of carbonyl (C=O) groups is 1. The van der Waals surface area contributed by atoms with Gasteiger partial charge in [0.2, 0.25) is 0 Å². The van der Waals surface area contributed by atoms with Gasteiger partial charge in [0.15, 0.2) is 0 Å². The summed E-state index contributed by atoms with van der Waals surface area (Å²) in [5, 5.41) is 0. The Balaban J connectivity index is 2.31. The minimum absolute atomic E-state index is 0.239. The van der Waals surface area contributed by atoms with E-state index in [4.69, 9.17) is 4.74 Å². The van der Waals surface area contributed by atoms with Crippen molar-refractivity contribution in [2.45, 2.75) is 13.1 Å². The molecule has 2 aromatic rings. The van der Waals surface area contributed by atoms with Crippen molar-refractivity contribution < 1.29 is 22.7 Å². The molecule has 3 nitrogen and oxygen atoms in total. The largest absolute Gasteiger partial charge is 0.462 e. The summed E-state index contributed by atoms with van der Waals surface area (Å²) in [6.07, 6.45) is -2.99. The summed E-state index contributed by atoms with van der Waals surface area (Å²) in [4.78, 5) is 14.3. The molecule has 106 valence electrons. The lowest BCUT2D eigenvalue weighted by Gasteiger charge is -2.07. The molecule has 1 heterocycles. The van der Waals surface area contributed by atoms with Crippen molar-refractivity contribution >= 4 is 5.97 Å². The Bertz CT molecular complexity index is 617. The molecule has 0 fully saturated rings. The second kappa shape index (κ2) is 5.40. The number of ether oxygens (including phenoxy) is 1. The van der Waals surface area contributed by atoms with Gasteiger partial charge >= 0.3 is 12.1 Å². The van der Waals surface area contributed by atoms with Crippen LogP contribution >= 0.6 is 0 Å². The number of rotatable bonds is 3. The molecule has 1 aromatic carbocycles. The number of aromatic amines is 1. The normalized spacial score (nSPS) is 11.4. The van der Waals surface area contributed by atoms with Gasteiger partial charge in [0.1, 0.15) is 0 Å². The number of carbonyl (C=O) groups excluding carboxylic acids is 1. The molecule has 0 radical (unpaired) electrons. The van der Waals surface area contributed by atoms with E-state index in [1.54, 1.807) is 6.92 Å². The monoisotopic (exact) mass is 283 g/mol. The average molecular weight is 283 g/mol. The number of nitrogens with one attached hydrogen (secondary N) is 1. The summed E-state index contributed by atoms with van der Waals surface area (Å²) in [6.45, 7) is 1.92. The molecule has 2 rings (SSSR count). The predicted octanol–water partition coefficient (Wildman–Crippen LogP) is 3.88. The molecular weight excluding hydrogens is 271 g/mol. The summed E-state index contributed by atoms with van der Waals surface area (Å²) < 4.78 is 42.7. The second-order valence-electron chi connectivity index (χ2n) is 4.10. The summed E-state index contributed by atoms with van der Waals surface area (Å²) in [7, 11) is 0. The Morgan fingerprint density at radius 2 is 2.05 bits per heavy atom. The maximum atomic E-state index is 12.6. The van der Waals surface area contributed by atoms with E-state index in [0.717, 1.165) is 12.1 Å². The molecule has 1 aromatic heterocycles. The smallest absolute Gasteiger partial charge is 0.416 e. The summed E-state index contributed by atoms with van der Waals surface area (Å²) in [5.74, 6) is -0.512. The molecule has 0 saturated heterocycles. The van der Waals surface area contributed by atoms with E-state index in [1.165, 1.54) is 24.4 Å². The number of hydrogen-bond acceptors (Lipinski definition) is 2. The molecule has 0 unspecified atom stereocenters. The minimum Gasteiger partial charge on any atom is -0.462 e. The molecule has 0 spiro atoms. The molecule has 0 aliphatic carbocycles. The van der Waals surface area contributed by atoms with E-state index in [9.17, 15) is 18.0 Å². The topological polar surface area (TPSA) is 42.1 Å². The zero-order valence-electron chi connectivity index (χ0n) is 10.6. The van der Waals surface area contributed by atoms with Crippen LogP contribution in [0.2, 0.25) is 0 Å². The van der Waals surface area contributed by atoms with Crippen LogP contribution in [-0.2, 0) is 10.9 Å². The molecule has 20 heavy (non-hydrogen) atoms. The van der Waals surface area contributed by atoms with Crippen molar-refractivity contribution in [1.82, 2.24) is 4.98 Å². The van der Waals surface area contributed by atoms with Crippen molar-refractivity contribution in [3.05, 3.63) is 47.7 Å². The number of alkyl halides is 3. The van der Waals surface area contributed by atoms with Crippen LogP contribution in [0.3, 0.4) is 0 Å². The number of hydrogen-bond donors (Lipinski definition) is 1. The Morgan fingerprint density at radius 1 is 1.30 bits per heavy atom. The minimum atomic E-state index is -4.40. The van der Waals surface area contributed by atoms with Crippen LogP contribution in [0.25, 0.3) is 11.3 Å². The fourth-order valence-corrected chi connectivity index (χ4v) is 1.76. The maximum Gasteiger partial charge on any atom is 0.416 e. The first kappa shape index (κ1) is 14.2. The lowest BCUT2D eigenvalue weighted by atomic mass is 10.1. The van der Waals surface area contributed by atoms with Gasteiger partial charge in [-0.25, -0.2) is 4.79 Å². The highest BCUT2D eigenvalue weighted by atomic mass is 19.4. The first-order valence-electron chi connectivity index (χ1n) is 5.95. The van der Waals surface area contributed by atoms with E-state index in [0.29, 0.717) is 11.3 Å². The quantitative estimate of drug-likeness (QED) is 0.869. The van der Waals surface area contributed by atoms with Crippen molar-refractivity contribution in [2.75, 3.05) is 6.61 Å². The zero-order chi connectivity index (χ0) is 14.8. The van der Waals surface area contributed by atoms with Crippen molar-refractivity contribution in [3.8, 4) is 11.3 Å². The van der Waals surface area contributed by atoms with Crippen LogP contribution in [0.5, 0.6) is 0 Å². The van der Waals surface area contributed by atoms with Crippen LogP contribution in [0.1, 0.15) is 22.8 Å². The third kappa shape index (κ3) is 3.01. The van der Waals surface area contributed by atoms with Gasteiger partial charge < -0.3 is 9.72 Å². The zero-order valence-corrected chi connectivity index (χ0v) is 10.6. The molecule has 0 saturated carbocycles. The lowest BCUT2D eigenvalue weighted by molar-refractivity contribution is -0.137. The Morgan fingerprint density at radius 3 is 2.70 bits per heavy atom. The van der Waals surface area contributed by atoms with Gasteiger partial charge in [0, 0.05) is 11.9 Å². The SMILES string of the molecule is CCOC(=O)c1c[nH]c(-c2cccc(C(F)(F)F)c2)c1. The Hall–Kier alpha value is -2.24. The number of benzene rings is 1. The van der Waals surface area contributed by atoms with Crippen LogP contribution < -0.4 is 0 Å². The number of halogens is 3. The third-order valence-corrected chi connectivity index (χ3v) is 2.70. The van der Waals surface area contributed by atoms with Gasteiger partial charge in [-0.3, -0.25) is 0 Å². The van der Waals surface area contributed by atoms with E-state index in [2.05, 4.69) is 4.98 Å². The Kier molecular flexibility index (Phi) is 3.83. The molecule has 0 atom stereocenters. The molecule has 6 heteroatoms. The molecule has 1 N–H and O–H groups in total. The van der Waals surface area contributed by atoms with E-state index < -0.39 is 17.7 Å². The Labute approximate surface area is 113 Å². The molecular formula is C14H12F3NO2. The fraction of sp³-hybridized carbons (Fsp3) is 0.214. The van der Waals surface area contributed by atoms with E-state index in [1.807, 2.05) is 0 Å². The standard InChI is InChI=1S/C14H12F3NO2/c1-2-20-13(19)10-7-12(18-8-10)9-4-3-5-11(6-9)14(15,16)17/h3-8,18H,2H2,1H3. The lowest BCUT2D eigenvalue weighted by Crippen LogP contribution is -2.04. The van der Waals surface area contributed by atoms with Gasteiger partial charge in [0.25, 0.3) is 0 Å². The van der Waals surface area contributed by atoms with E-state index in [-0.39, 0.29) is 12.2 Å². The van der Waals surface area contributed by atoms with Crippen LogP contribution in [0, 0.1) is 0 Å². The number of H-pyrrole nitrogens is 1. The first-order chi connectivity index (χ1) is 9.41. The number of esters is 1. The van der Waals surface area contributed by atoms with Crippen LogP contribution in [0.4, 0.5) is 13.2 Å². The first-order valence-corrected chi connectivity index (χ1v) is 5.95. The molecule has 0 aliphatic rings. The highest BCUT2D eigenvalue weighted by Crippen LogP contribution is 2.32. The summed E-state index contributed by atoms with van der Waals surface area (Å²) in [5.41, 5.74) is 0.330. The molecule has 0 bridgehead atoms. The third-order valence-electron chi connectivity index (χ3n) is 2.70. The molecule has 0 amide bonds. The fourth-order valence-electron chi connectivity index (χ4n) is 1.76. The maximum absolute atomic E-state index is 12.6. The highest BCUT2D eigenvalue weighted by molar-refractivity contribution is 5.90. The van der Waals surface area contributed by atoms with E-state index >= 15 is 0 Å². The summed E-state index contributed by atoms with van der Waals surface area (Å²) >= 11 is 0. The van der Waals surface area contributed by atoms with Crippen molar-refractivity contribution in [2.24, 2.45) is 0 Å². The number of aromatic nitrogens is 1. The second-order valence-corrected chi connectivity index (χ2v) is 4.10.